The van der Waals surface area contributed by atoms with Crippen LogP contribution in [0.5, 0.6) is 0 Å². The third-order valence-corrected chi connectivity index (χ3v) is 2.80. The molecule has 0 bridgehead atoms. The van der Waals surface area contributed by atoms with Gasteiger partial charge in [-0.1, -0.05) is 0 Å². The van der Waals surface area contributed by atoms with Crippen LogP contribution in [0, 0.1) is 6.92 Å². The SMILES string of the molecule is CNC(C)(CCn1ccnc1C)C(=O)O. The zero-order valence-corrected chi connectivity index (χ0v) is 9.32. The summed E-state index contributed by atoms with van der Waals surface area (Å²) in [4.78, 5) is 15.1. The Morgan fingerprint density at radius 1 is 1.73 bits per heavy atom. The summed E-state index contributed by atoms with van der Waals surface area (Å²) < 4.78 is 1.94. The van der Waals surface area contributed by atoms with Gasteiger partial charge in [0.15, 0.2) is 0 Å². The lowest BCUT2D eigenvalue weighted by molar-refractivity contribution is -0.144. The first-order chi connectivity index (χ1) is 6.99. The van der Waals surface area contributed by atoms with E-state index in [1.807, 2.05) is 17.7 Å². The molecule has 0 fully saturated rings. The van der Waals surface area contributed by atoms with E-state index >= 15 is 0 Å². The highest BCUT2D eigenvalue weighted by Gasteiger charge is 2.30. The predicted octanol–water partition coefficient (Wildman–Crippen LogP) is 0.644. The van der Waals surface area contributed by atoms with Gasteiger partial charge in [-0.3, -0.25) is 4.79 Å². The third kappa shape index (κ3) is 2.56. The van der Waals surface area contributed by atoms with Gasteiger partial charge in [-0.15, -0.1) is 0 Å². The summed E-state index contributed by atoms with van der Waals surface area (Å²) in [6, 6.07) is 0. The number of carboxylic acids is 1. The van der Waals surface area contributed by atoms with E-state index in [0.717, 1.165) is 5.82 Å². The fourth-order valence-corrected chi connectivity index (χ4v) is 1.32. The van der Waals surface area contributed by atoms with E-state index in [9.17, 15) is 4.79 Å². The van der Waals surface area contributed by atoms with Gasteiger partial charge >= 0.3 is 5.97 Å². The fraction of sp³-hybridized carbons (Fsp3) is 0.600. The number of rotatable bonds is 5. The van der Waals surface area contributed by atoms with Crippen molar-refractivity contribution in [3.63, 3.8) is 0 Å². The fourth-order valence-electron chi connectivity index (χ4n) is 1.32. The molecule has 1 rings (SSSR count). The van der Waals surface area contributed by atoms with Crippen molar-refractivity contribution in [2.45, 2.75) is 32.4 Å². The highest BCUT2D eigenvalue weighted by molar-refractivity contribution is 5.78. The monoisotopic (exact) mass is 211 g/mol. The zero-order valence-electron chi connectivity index (χ0n) is 9.32. The number of aryl methyl sites for hydroxylation is 2. The van der Waals surface area contributed by atoms with Gasteiger partial charge in [0, 0.05) is 18.9 Å². The molecule has 0 saturated carbocycles. The summed E-state index contributed by atoms with van der Waals surface area (Å²) in [6.07, 6.45) is 4.09. The first-order valence-corrected chi connectivity index (χ1v) is 4.89. The molecule has 0 aliphatic carbocycles. The molecule has 0 radical (unpaired) electrons. The molecule has 0 saturated heterocycles. The predicted molar refractivity (Wildman–Crippen MR) is 56.7 cm³/mol. The standard InChI is InChI=1S/C10H17N3O2/c1-8-12-5-7-13(8)6-4-10(2,11-3)9(14)15/h5,7,11H,4,6H2,1-3H3,(H,14,15). The average molecular weight is 211 g/mol. The highest BCUT2D eigenvalue weighted by atomic mass is 16.4. The maximum absolute atomic E-state index is 11.0. The second kappa shape index (κ2) is 4.44. The van der Waals surface area contributed by atoms with Crippen molar-refractivity contribution >= 4 is 5.97 Å². The van der Waals surface area contributed by atoms with Crippen molar-refractivity contribution in [2.24, 2.45) is 0 Å². The Morgan fingerprint density at radius 3 is 2.80 bits per heavy atom. The van der Waals surface area contributed by atoms with Gasteiger partial charge in [-0.25, -0.2) is 4.98 Å². The van der Waals surface area contributed by atoms with E-state index in [1.165, 1.54) is 0 Å². The maximum atomic E-state index is 11.0. The van der Waals surface area contributed by atoms with Crippen LogP contribution in [0.1, 0.15) is 19.2 Å². The van der Waals surface area contributed by atoms with Crippen molar-refractivity contribution in [3.05, 3.63) is 18.2 Å². The van der Waals surface area contributed by atoms with Crippen LogP contribution in [0.3, 0.4) is 0 Å². The van der Waals surface area contributed by atoms with Crippen molar-refractivity contribution in [1.29, 1.82) is 0 Å². The molecule has 84 valence electrons. The van der Waals surface area contributed by atoms with Crippen molar-refractivity contribution in [3.8, 4) is 0 Å². The molecule has 1 aromatic heterocycles. The van der Waals surface area contributed by atoms with Crippen LogP contribution in [0.4, 0.5) is 0 Å². The van der Waals surface area contributed by atoms with Crippen molar-refractivity contribution < 1.29 is 9.90 Å². The number of aromatic nitrogens is 2. The van der Waals surface area contributed by atoms with Gasteiger partial charge < -0.3 is 15.0 Å². The van der Waals surface area contributed by atoms with Crippen LogP contribution in [0.25, 0.3) is 0 Å². The Labute approximate surface area is 89.1 Å². The second-order valence-electron chi connectivity index (χ2n) is 3.81. The molecule has 5 heteroatoms. The summed E-state index contributed by atoms with van der Waals surface area (Å²) in [5.41, 5.74) is -0.878. The van der Waals surface area contributed by atoms with Crippen LogP contribution in [0.15, 0.2) is 12.4 Å². The Bertz CT molecular complexity index is 348. The van der Waals surface area contributed by atoms with Crippen LogP contribution in [-0.4, -0.2) is 33.2 Å². The lowest BCUT2D eigenvalue weighted by Gasteiger charge is -2.24. The molecule has 1 heterocycles. The van der Waals surface area contributed by atoms with Crippen LogP contribution >= 0.6 is 0 Å². The summed E-state index contributed by atoms with van der Waals surface area (Å²) >= 11 is 0. The highest BCUT2D eigenvalue weighted by Crippen LogP contribution is 2.11. The number of hydrogen-bond donors (Lipinski definition) is 2. The van der Waals surface area contributed by atoms with E-state index in [1.54, 1.807) is 20.2 Å². The van der Waals surface area contributed by atoms with Gasteiger partial charge in [0.05, 0.1) is 0 Å². The summed E-state index contributed by atoms with van der Waals surface area (Å²) in [6.45, 7) is 4.23. The lowest BCUT2D eigenvalue weighted by Crippen LogP contribution is -2.48. The van der Waals surface area contributed by atoms with Gasteiger partial charge in [0.1, 0.15) is 11.4 Å². The van der Waals surface area contributed by atoms with Gasteiger partial charge in [0.2, 0.25) is 0 Å². The normalized spacial score (nSPS) is 14.9. The molecule has 5 nitrogen and oxygen atoms in total. The molecule has 0 aromatic carbocycles. The molecular weight excluding hydrogens is 194 g/mol. The smallest absolute Gasteiger partial charge is 0.323 e. The Kier molecular flexibility index (Phi) is 3.47. The number of hydrogen-bond acceptors (Lipinski definition) is 3. The minimum atomic E-state index is -0.878. The first kappa shape index (κ1) is 11.7. The zero-order chi connectivity index (χ0) is 11.5. The van der Waals surface area contributed by atoms with Gasteiger partial charge in [-0.05, 0) is 27.3 Å². The van der Waals surface area contributed by atoms with Crippen LogP contribution < -0.4 is 5.32 Å². The summed E-state index contributed by atoms with van der Waals surface area (Å²) in [7, 11) is 1.66. The van der Waals surface area contributed by atoms with E-state index < -0.39 is 11.5 Å². The minimum Gasteiger partial charge on any atom is -0.480 e. The summed E-state index contributed by atoms with van der Waals surface area (Å²) in [5.74, 6) is 0.0709. The van der Waals surface area contributed by atoms with E-state index in [-0.39, 0.29) is 0 Å². The Hall–Kier alpha value is -1.36. The number of likely N-dealkylation sites (N-methyl/N-ethyl adjacent to an activating group) is 1. The second-order valence-corrected chi connectivity index (χ2v) is 3.81. The largest absolute Gasteiger partial charge is 0.480 e. The molecule has 0 spiro atoms. The molecule has 15 heavy (non-hydrogen) atoms. The lowest BCUT2D eigenvalue weighted by atomic mass is 9.98. The number of nitrogens with one attached hydrogen (secondary N) is 1. The Morgan fingerprint density at radius 2 is 2.40 bits per heavy atom. The quantitative estimate of drug-likeness (QED) is 0.750. The van der Waals surface area contributed by atoms with Gasteiger partial charge in [-0.2, -0.15) is 0 Å². The number of carbonyl (C=O) groups is 1. The van der Waals surface area contributed by atoms with E-state index in [0.29, 0.717) is 13.0 Å². The molecule has 0 amide bonds. The molecule has 2 N–H and O–H groups in total. The number of aliphatic carboxylic acids is 1. The van der Waals surface area contributed by atoms with Crippen molar-refractivity contribution in [1.82, 2.24) is 14.9 Å². The average Bonchev–Trinajstić information content (AvgIpc) is 2.60. The third-order valence-electron chi connectivity index (χ3n) is 2.80. The first-order valence-electron chi connectivity index (χ1n) is 4.89. The number of imidazole rings is 1. The molecule has 1 atom stereocenters. The topological polar surface area (TPSA) is 67.2 Å². The van der Waals surface area contributed by atoms with Crippen molar-refractivity contribution in [2.75, 3.05) is 7.05 Å². The summed E-state index contributed by atoms with van der Waals surface area (Å²) in [5, 5.41) is 11.9. The molecule has 0 aliphatic heterocycles. The van der Waals surface area contributed by atoms with Gasteiger partial charge in [0.25, 0.3) is 0 Å². The number of nitrogens with zero attached hydrogens (tertiary/aromatic N) is 2. The Balaban J connectivity index is 2.63. The maximum Gasteiger partial charge on any atom is 0.323 e. The molecular formula is C10H17N3O2. The molecule has 1 unspecified atom stereocenters. The molecule has 0 aliphatic rings. The number of carboxylic acid groups (broad SMARTS) is 1. The van der Waals surface area contributed by atoms with Crippen LogP contribution in [-0.2, 0) is 11.3 Å². The minimum absolute atomic E-state index is 0.524. The van der Waals surface area contributed by atoms with Crippen LogP contribution in [0.2, 0.25) is 0 Å². The molecule has 1 aromatic rings. The van der Waals surface area contributed by atoms with E-state index in [4.69, 9.17) is 5.11 Å². The van der Waals surface area contributed by atoms with E-state index in [2.05, 4.69) is 10.3 Å².